The van der Waals surface area contributed by atoms with Gasteiger partial charge in [-0.1, -0.05) is 146 Å². The van der Waals surface area contributed by atoms with Gasteiger partial charge in [-0.2, -0.15) is 0 Å². The lowest BCUT2D eigenvalue weighted by Crippen LogP contribution is -2.18. The maximum atomic E-state index is 10.2. The molecule has 0 saturated heterocycles. The number of nitrogens with zero attached hydrogens (tertiary/aromatic N) is 2. The van der Waals surface area contributed by atoms with Crippen LogP contribution in [0.1, 0.15) is 83.2 Å². The third-order valence-electron chi connectivity index (χ3n) is 6.86. The molecule has 0 heterocycles. The monoisotopic (exact) mass is 547 g/mol. The normalized spacial score (nSPS) is 12.5. The number of amidine groups is 2. The van der Waals surface area contributed by atoms with Gasteiger partial charge < -0.3 is 10.8 Å². The lowest BCUT2D eigenvalue weighted by atomic mass is 9.86. The molecule has 4 aromatic carbocycles. The summed E-state index contributed by atoms with van der Waals surface area (Å²) < 4.78 is 0. The third-order valence-corrected chi connectivity index (χ3v) is 6.86. The zero-order chi connectivity index (χ0) is 30.2. The van der Waals surface area contributed by atoms with E-state index in [1.54, 1.807) is 6.07 Å². The van der Waals surface area contributed by atoms with Gasteiger partial charge in [0.15, 0.2) is 5.84 Å². The number of nitrogens with two attached hydrogens (primary N) is 1. The maximum Gasteiger partial charge on any atom is 0.157 e. The zero-order valence-electron chi connectivity index (χ0n) is 25.9. The fourth-order valence-electron chi connectivity index (χ4n) is 4.30. The van der Waals surface area contributed by atoms with Crippen molar-refractivity contribution in [3.8, 4) is 16.9 Å². The van der Waals surface area contributed by atoms with E-state index >= 15 is 0 Å². The molecule has 0 aromatic heterocycles. The van der Waals surface area contributed by atoms with Crippen LogP contribution in [-0.4, -0.2) is 16.8 Å². The van der Waals surface area contributed by atoms with E-state index in [1.165, 1.54) is 11.1 Å². The standard InChI is InChI=1S/C35H39N3O.C2H6/c1-34(2,3)28-19-15-26(16-20-28)32(36)38-33(27-17-21-29(22-18-27)35(4,5)6)37-23-24-11-13-25(14-12-24)30-9-7-8-10-31(30)39;1-2/h7-22,39H,23H2,1-6H3,(H2,36,37,38);1-2H3. The summed E-state index contributed by atoms with van der Waals surface area (Å²) in [5.41, 5.74) is 13.7. The van der Waals surface area contributed by atoms with Gasteiger partial charge in [0.2, 0.25) is 0 Å². The van der Waals surface area contributed by atoms with E-state index in [0.717, 1.165) is 27.8 Å². The van der Waals surface area contributed by atoms with Crippen molar-refractivity contribution >= 4 is 11.7 Å². The Bertz CT molecular complexity index is 1470. The highest BCUT2D eigenvalue weighted by Gasteiger charge is 2.15. The highest BCUT2D eigenvalue weighted by Crippen LogP contribution is 2.29. The average molecular weight is 548 g/mol. The smallest absolute Gasteiger partial charge is 0.157 e. The lowest BCUT2D eigenvalue weighted by Gasteiger charge is -2.19. The molecule has 0 aliphatic rings. The minimum atomic E-state index is 0.0574. The Hall–Kier alpha value is -4.18. The van der Waals surface area contributed by atoms with E-state index in [0.29, 0.717) is 18.2 Å². The molecular weight excluding hydrogens is 502 g/mol. The van der Waals surface area contributed by atoms with Gasteiger partial charge in [0.25, 0.3) is 0 Å². The molecule has 0 spiro atoms. The van der Waals surface area contributed by atoms with E-state index in [1.807, 2.05) is 68.4 Å². The van der Waals surface area contributed by atoms with Crippen molar-refractivity contribution in [1.82, 2.24) is 0 Å². The quantitative estimate of drug-likeness (QED) is 0.193. The molecule has 0 saturated carbocycles. The molecule has 0 unspecified atom stereocenters. The summed E-state index contributed by atoms with van der Waals surface area (Å²) in [4.78, 5) is 9.70. The first-order valence-corrected chi connectivity index (χ1v) is 14.4. The summed E-state index contributed by atoms with van der Waals surface area (Å²) in [6.45, 7) is 17.6. The summed E-state index contributed by atoms with van der Waals surface area (Å²) in [5.74, 6) is 1.30. The van der Waals surface area contributed by atoms with Gasteiger partial charge in [-0.15, -0.1) is 0 Å². The predicted octanol–water partition coefficient (Wildman–Crippen LogP) is 9.03. The van der Waals surface area contributed by atoms with Crippen LogP contribution in [0.2, 0.25) is 0 Å². The second kappa shape index (κ2) is 13.5. The fourth-order valence-corrected chi connectivity index (χ4v) is 4.30. The van der Waals surface area contributed by atoms with Crippen molar-refractivity contribution in [2.45, 2.75) is 72.8 Å². The van der Waals surface area contributed by atoms with Crippen LogP contribution in [0, 0.1) is 0 Å². The predicted molar refractivity (Wildman–Crippen MR) is 176 cm³/mol. The van der Waals surface area contributed by atoms with Crippen molar-refractivity contribution < 1.29 is 5.11 Å². The van der Waals surface area contributed by atoms with Gasteiger partial charge in [0.05, 0.1) is 6.54 Å². The van der Waals surface area contributed by atoms with Crippen LogP contribution >= 0.6 is 0 Å². The first kappa shape index (κ1) is 31.3. The molecule has 0 radical (unpaired) electrons. The van der Waals surface area contributed by atoms with E-state index in [-0.39, 0.29) is 16.6 Å². The van der Waals surface area contributed by atoms with Crippen LogP contribution in [-0.2, 0) is 17.4 Å². The highest BCUT2D eigenvalue weighted by atomic mass is 16.3. The highest BCUT2D eigenvalue weighted by molar-refractivity contribution is 6.11. The largest absolute Gasteiger partial charge is 0.507 e. The van der Waals surface area contributed by atoms with Crippen molar-refractivity contribution in [2.75, 3.05) is 0 Å². The maximum absolute atomic E-state index is 10.2. The number of para-hydroxylation sites is 1. The molecule has 4 rings (SSSR count). The Balaban J connectivity index is 0.00000226. The van der Waals surface area contributed by atoms with Crippen LogP contribution in [0.25, 0.3) is 11.1 Å². The van der Waals surface area contributed by atoms with E-state index in [9.17, 15) is 5.11 Å². The molecule has 4 aromatic rings. The third kappa shape index (κ3) is 8.40. The number of phenols is 1. The summed E-state index contributed by atoms with van der Waals surface area (Å²) >= 11 is 0. The Morgan fingerprint density at radius 1 is 0.659 bits per heavy atom. The number of aromatic hydroxyl groups is 1. The second-order valence-electron chi connectivity index (χ2n) is 12.0. The summed E-state index contributed by atoms with van der Waals surface area (Å²) in [7, 11) is 0. The van der Waals surface area contributed by atoms with Crippen molar-refractivity contribution in [2.24, 2.45) is 15.7 Å². The Labute approximate surface area is 246 Å². The SMILES string of the molecule is CC.CC(C)(C)c1ccc(C(N)=NC(=NCc2ccc(-c3ccccc3O)cc2)c2ccc(C(C)(C)C)cc2)cc1. The second-order valence-corrected chi connectivity index (χ2v) is 12.0. The molecule has 214 valence electrons. The lowest BCUT2D eigenvalue weighted by molar-refractivity contribution is 0.477. The minimum Gasteiger partial charge on any atom is -0.507 e. The van der Waals surface area contributed by atoms with Gasteiger partial charge in [0, 0.05) is 16.7 Å². The molecule has 4 heteroatoms. The Morgan fingerprint density at radius 3 is 1.63 bits per heavy atom. The Morgan fingerprint density at radius 2 is 1.15 bits per heavy atom. The number of benzene rings is 4. The first-order chi connectivity index (χ1) is 19.4. The van der Waals surface area contributed by atoms with Gasteiger partial charge in [-0.05, 0) is 39.2 Å². The van der Waals surface area contributed by atoms with E-state index < -0.39 is 0 Å². The molecule has 41 heavy (non-hydrogen) atoms. The van der Waals surface area contributed by atoms with Crippen molar-refractivity contribution in [1.29, 1.82) is 0 Å². The van der Waals surface area contributed by atoms with Crippen LogP contribution < -0.4 is 5.73 Å². The number of rotatable bonds is 5. The molecule has 0 aliphatic heterocycles. The molecular formula is C37H45N3O. The average Bonchev–Trinajstić information content (AvgIpc) is 2.96. The summed E-state index contributed by atoms with van der Waals surface area (Å²) in [5, 5.41) is 10.2. The molecule has 0 bridgehead atoms. The van der Waals surface area contributed by atoms with Gasteiger partial charge in [0.1, 0.15) is 11.6 Å². The number of phenolic OH excluding ortho intramolecular Hbond substituents is 1. The van der Waals surface area contributed by atoms with Gasteiger partial charge >= 0.3 is 0 Å². The molecule has 3 N–H and O–H groups in total. The van der Waals surface area contributed by atoms with Crippen LogP contribution in [0.3, 0.4) is 0 Å². The van der Waals surface area contributed by atoms with Crippen LogP contribution in [0.15, 0.2) is 107 Å². The van der Waals surface area contributed by atoms with Crippen LogP contribution in [0.5, 0.6) is 5.75 Å². The molecule has 0 amide bonds. The summed E-state index contributed by atoms with van der Waals surface area (Å²) in [6.07, 6.45) is 0. The number of hydrogen-bond donors (Lipinski definition) is 2. The first-order valence-electron chi connectivity index (χ1n) is 14.4. The van der Waals surface area contributed by atoms with Crippen LogP contribution in [0.4, 0.5) is 0 Å². The number of aliphatic imine (C=N–C) groups is 2. The topological polar surface area (TPSA) is 71.0 Å². The Kier molecular flexibility index (Phi) is 10.3. The van der Waals surface area contributed by atoms with Crippen molar-refractivity contribution in [3.05, 3.63) is 125 Å². The minimum absolute atomic E-state index is 0.0574. The van der Waals surface area contributed by atoms with Gasteiger partial charge in [-0.25, -0.2) is 4.99 Å². The zero-order valence-corrected chi connectivity index (χ0v) is 25.9. The molecule has 4 nitrogen and oxygen atoms in total. The van der Waals surface area contributed by atoms with E-state index in [4.69, 9.17) is 15.7 Å². The van der Waals surface area contributed by atoms with Gasteiger partial charge in [-0.3, -0.25) is 4.99 Å². The summed E-state index contributed by atoms with van der Waals surface area (Å²) in [6, 6.07) is 32.1. The molecule has 0 fully saturated rings. The fraction of sp³-hybridized carbons (Fsp3) is 0.297. The number of hydrogen-bond acceptors (Lipinski definition) is 2. The van der Waals surface area contributed by atoms with E-state index in [2.05, 4.69) is 77.9 Å². The van der Waals surface area contributed by atoms with Crippen molar-refractivity contribution in [3.63, 3.8) is 0 Å². The molecule has 0 atom stereocenters. The molecule has 0 aliphatic carbocycles.